The molecule has 0 aromatic heterocycles. The highest BCUT2D eigenvalue weighted by Gasteiger charge is 2.22. The maximum atomic E-state index is 11.8. The number of hydrogen-bond donors (Lipinski definition) is 1. The van der Waals surface area contributed by atoms with Crippen LogP contribution in [0.5, 0.6) is 0 Å². The van der Waals surface area contributed by atoms with Crippen LogP contribution < -0.4 is 5.32 Å². The molecule has 92 valence electrons. The van der Waals surface area contributed by atoms with Crippen LogP contribution in [-0.4, -0.2) is 11.7 Å². The Morgan fingerprint density at radius 2 is 2.06 bits per heavy atom. The van der Waals surface area contributed by atoms with Gasteiger partial charge < -0.3 is 5.32 Å². The van der Waals surface area contributed by atoms with Gasteiger partial charge >= 0.3 is 0 Å². The quantitative estimate of drug-likeness (QED) is 0.837. The Morgan fingerprint density at radius 3 is 2.83 bits per heavy atom. The standard InChI is InChI=1S/C15H15NOS/c1-9(2)8-18-13-7-6-12-14-10(13)4-3-5-11(14)15(17)16-12/h3-7,9H,8H2,1-2H3,(H,16,17). The second-order valence-corrected chi connectivity index (χ2v) is 6.06. The molecule has 0 saturated heterocycles. The summed E-state index contributed by atoms with van der Waals surface area (Å²) in [7, 11) is 0. The molecule has 0 unspecified atom stereocenters. The first-order valence-electron chi connectivity index (χ1n) is 6.16. The first-order valence-corrected chi connectivity index (χ1v) is 7.15. The van der Waals surface area contributed by atoms with E-state index >= 15 is 0 Å². The summed E-state index contributed by atoms with van der Waals surface area (Å²) in [6.45, 7) is 4.44. The van der Waals surface area contributed by atoms with E-state index in [1.165, 1.54) is 10.3 Å². The Balaban J connectivity index is 2.13. The van der Waals surface area contributed by atoms with Crippen LogP contribution >= 0.6 is 11.8 Å². The summed E-state index contributed by atoms with van der Waals surface area (Å²) >= 11 is 1.87. The Labute approximate surface area is 111 Å². The summed E-state index contributed by atoms with van der Waals surface area (Å²) in [4.78, 5) is 13.1. The lowest BCUT2D eigenvalue weighted by atomic mass is 10.1. The van der Waals surface area contributed by atoms with Gasteiger partial charge in [-0.3, -0.25) is 4.79 Å². The fourth-order valence-corrected chi connectivity index (χ4v) is 3.25. The molecule has 0 spiro atoms. The van der Waals surface area contributed by atoms with E-state index in [1.54, 1.807) is 0 Å². The van der Waals surface area contributed by atoms with Crippen molar-refractivity contribution >= 4 is 34.1 Å². The van der Waals surface area contributed by atoms with E-state index in [4.69, 9.17) is 0 Å². The van der Waals surface area contributed by atoms with Gasteiger partial charge in [-0.25, -0.2) is 0 Å². The van der Waals surface area contributed by atoms with Crippen LogP contribution in [0.25, 0.3) is 10.8 Å². The minimum Gasteiger partial charge on any atom is -0.321 e. The fraction of sp³-hybridized carbons (Fsp3) is 0.267. The van der Waals surface area contributed by atoms with Crippen LogP contribution in [0.4, 0.5) is 5.69 Å². The number of amides is 1. The van der Waals surface area contributed by atoms with Crippen molar-refractivity contribution in [1.29, 1.82) is 0 Å². The van der Waals surface area contributed by atoms with Crippen molar-refractivity contribution in [3.63, 3.8) is 0 Å². The molecule has 1 amide bonds. The van der Waals surface area contributed by atoms with E-state index < -0.39 is 0 Å². The summed E-state index contributed by atoms with van der Waals surface area (Å²) in [6, 6.07) is 10.1. The number of anilines is 1. The third kappa shape index (κ3) is 1.79. The molecule has 0 atom stereocenters. The van der Waals surface area contributed by atoms with Gasteiger partial charge in [0.05, 0.1) is 0 Å². The third-order valence-corrected chi connectivity index (χ3v) is 4.57. The number of thioether (sulfide) groups is 1. The van der Waals surface area contributed by atoms with Crippen molar-refractivity contribution in [2.45, 2.75) is 18.7 Å². The van der Waals surface area contributed by atoms with E-state index in [2.05, 4.69) is 31.3 Å². The molecule has 0 aliphatic carbocycles. The van der Waals surface area contributed by atoms with E-state index in [1.807, 2.05) is 30.0 Å². The number of carbonyl (C=O) groups excluding carboxylic acids is 1. The van der Waals surface area contributed by atoms with E-state index in [0.717, 1.165) is 22.4 Å². The highest BCUT2D eigenvalue weighted by Crippen LogP contribution is 2.38. The zero-order valence-electron chi connectivity index (χ0n) is 10.5. The Bertz CT molecular complexity index is 634. The van der Waals surface area contributed by atoms with Gasteiger partial charge in [-0.2, -0.15) is 0 Å². The first-order chi connectivity index (χ1) is 8.66. The molecule has 2 aromatic carbocycles. The zero-order valence-corrected chi connectivity index (χ0v) is 11.3. The Hall–Kier alpha value is -1.48. The second-order valence-electron chi connectivity index (χ2n) is 5.00. The molecule has 3 rings (SSSR count). The van der Waals surface area contributed by atoms with Gasteiger partial charge in [-0.1, -0.05) is 26.0 Å². The monoisotopic (exact) mass is 257 g/mol. The van der Waals surface area contributed by atoms with Crippen LogP contribution in [-0.2, 0) is 0 Å². The second kappa shape index (κ2) is 4.32. The van der Waals surface area contributed by atoms with Crippen LogP contribution in [0.3, 0.4) is 0 Å². The van der Waals surface area contributed by atoms with Crippen molar-refractivity contribution in [2.24, 2.45) is 5.92 Å². The molecule has 1 N–H and O–H groups in total. The van der Waals surface area contributed by atoms with Crippen LogP contribution in [0, 0.1) is 5.92 Å². The van der Waals surface area contributed by atoms with E-state index in [-0.39, 0.29) is 5.91 Å². The summed E-state index contributed by atoms with van der Waals surface area (Å²) in [5.41, 5.74) is 1.74. The van der Waals surface area contributed by atoms with Gasteiger partial charge in [-0.05, 0) is 29.5 Å². The lowest BCUT2D eigenvalue weighted by Gasteiger charge is -2.09. The smallest absolute Gasteiger partial charge is 0.256 e. The maximum absolute atomic E-state index is 11.8. The van der Waals surface area contributed by atoms with Gasteiger partial charge in [0, 0.05) is 27.3 Å². The van der Waals surface area contributed by atoms with Gasteiger partial charge in [0.25, 0.3) is 5.91 Å². The van der Waals surface area contributed by atoms with Crippen LogP contribution in [0.15, 0.2) is 35.2 Å². The van der Waals surface area contributed by atoms with Crippen LogP contribution in [0.1, 0.15) is 24.2 Å². The molecule has 1 aliphatic rings. The molecule has 3 heteroatoms. The average Bonchev–Trinajstić information content (AvgIpc) is 2.68. The summed E-state index contributed by atoms with van der Waals surface area (Å²) in [6.07, 6.45) is 0. The molecule has 0 saturated carbocycles. The predicted molar refractivity (Wildman–Crippen MR) is 77.5 cm³/mol. The minimum absolute atomic E-state index is 0.0154. The van der Waals surface area contributed by atoms with E-state index in [0.29, 0.717) is 5.92 Å². The first kappa shape index (κ1) is 11.6. The lowest BCUT2D eigenvalue weighted by Crippen LogP contribution is -2.03. The molecular weight excluding hydrogens is 242 g/mol. The van der Waals surface area contributed by atoms with Gasteiger partial charge in [0.15, 0.2) is 0 Å². The molecule has 2 nitrogen and oxygen atoms in total. The lowest BCUT2D eigenvalue weighted by molar-refractivity contribution is 0.103. The number of carbonyl (C=O) groups is 1. The van der Waals surface area contributed by atoms with Crippen molar-refractivity contribution in [2.75, 3.05) is 11.1 Å². The highest BCUT2D eigenvalue weighted by molar-refractivity contribution is 7.99. The molecule has 1 aliphatic heterocycles. The fourth-order valence-electron chi connectivity index (χ4n) is 2.25. The zero-order chi connectivity index (χ0) is 12.7. The Morgan fingerprint density at radius 1 is 1.22 bits per heavy atom. The minimum atomic E-state index is 0.0154. The summed E-state index contributed by atoms with van der Waals surface area (Å²) in [5.74, 6) is 1.78. The van der Waals surface area contributed by atoms with Gasteiger partial charge in [-0.15, -0.1) is 11.8 Å². The molecular formula is C15H15NOS. The molecule has 0 radical (unpaired) electrons. The van der Waals surface area contributed by atoms with Crippen molar-refractivity contribution in [3.8, 4) is 0 Å². The maximum Gasteiger partial charge on any atom is 0.256 e. The summed E-state index contributed by atoms with van der Waals surface area (Å²) in [5, 5.41) is 5.18. The van der Waals surface area contributed by atoms with Crippen molar-refractivity contribution in [1.82, 2.24) is 0 Å². The normalized spacial score (nSPS) is 13.4. The van der Waals surface area contributed by atoms with Crippen molar-refractivity contribution < 1.29 is 4.79 Å². The van der Waals surface area contributed by atoms with Crippen LogP contribution in [0.2, 0.25) is 0 Å². The number of nitrogens with one attached hydrogen (secondary N) is 1. The topological polar surface area (TPSA) is 29.1 Å². The average molecular weight is 257 g/mol. The number of rotatable bonds is 3. The molecule has 1 heterocycles. The van der Waals surface area contributed by atoms with Gasteiger partial charge in [0.1, 0.15) is 0 Å². The molecule has 18 heavy (non-hydrogen) atoms. The largest absolute Gasteiger partial charge is 0.321 e. The van der Waals surface area contributed by atoms with Crippen molar-refractivity contribution in [3.05, 3.63) is 35.9 Å². The molecule has 0 bridgehead atoms. The van der Waals surface area contributed by atoms with E-state index in [9.17, 15) is 4.79 Å². The SMILES string of the molecule is CC(C)CSc1ccc2c3c(cccc13)C(=O)N2. The Kier molecular flexibility index (Phi) is 2.78. The predicted octanol–water partition coefficient (Wildman–Crippen LogP) is 4.15. The van der Waals surface area contributed by atoms with Gasteiger partial charge in [0.2, 0.25) is 0 Å². The molecule has 0 fully saturated rings. The third-order valence-electron chi connectivity index (χ3n) is 3.07. The number of benzene rings is 2. The molecule has 2 aromatic rings. The highest BCUT2D eigenvalue weighted by atomic mass is 32.2. The number of hydrogen-bond acceptors (Lipinski definition) is 2. The summed E-state index contributed by atoms with van der Waals surface area (Å²) < 4.78 is 0.